The molecule has 0 bridgehead atoms. The number of ketones is 1. The second kappa shape index (κ2) is 6.88. The van der Waals surface area contributed by atoms with Crippen LogP contribution in [-0.4, -0.2) is 34.5 Å². The molecule has 0 aromatic heterocycles. The van der Waals surface area contributed by atoms with Crippen LogP contribution in [0.15, 0.2) is 23.3 Å². The third kappa shape index (κ3) is 3.18. The van der Waals surface area contributed by atoms with Gasteiger partial charge in [-0.15, -0.1) is 0 Å². The predicted octanol–water partition coefficient (Wildman–Crippen LogP) is 4.41. The number of fused-ring (bicyclic) bond motifs is 3. The minimum absolute atomic E-state index is 0.00341. The Bertz CT molecular complexity index is 774. The highest BCUT2D eigenvalue weighted by Crippen LogP contribution is 2.64. The fraction of sp³-hybridized carbons (Fsp3) is 0.760. The van der Waals surface area contributed by atoms with Gasteiger partial charge in [-0.3, -0.25) is 9.59 Å². The molecule has 4 aliphatic rings. The van der Waals surface area contributed by atoms with Crippen molar-refractivity contribution in [3.8, 4) is 0 Å². The Hall–Kier alpha value is -1.26. The van der Waals surface area contributed by atoms with Crippen LogP contribution in [0.3, 0.4) is 0 Å². The molecule has 0 amide bonds. The first-order valence-electron chi connectivity index (χ1n) is 11.3. The molecule has 0 aromatic rings. The lowest BCUT2D eigenvalue weighted by Crippen LogP contribution is -2.46. The Labute approximate surface area is 174 Å². The lowest BCUT2D eigenvalue weighted by Gasteiger charge is -2.45. The number of hydrogen-bond donors (Lipinski definition) is 1. The van der Waals surface area contributed by atoms with Crippen molar-refractivity contribution < 1.29 is 19.4 Å². The maximum absolute atomic E-state index is 12.7. The molecule has 29 heavy (non-hydrogen) atoms. The molecular formula is C25H36O4. The zero-order valence-electron chi connectivity index (χ0n) is 18.5. The van der Waals surface area contributed by atoms with Gasteiger partial charge < -0.3 is 9.84 Å². The number of allylic oxidation sites excluding steroid dienone is 3. The van der Waals surface area contributed by atoms with E-state index < -0.39 is 11.5 Å². The zero-order chi connectivity index (χ0) is 21.2. The molecule has 2 saturated carbocycles. The maximum Gasteiger partial charge on any atom is 0.146 e. The number of hydrogen-bond acceptors (Lipinski definition) is 4. The number of Topliss-reactive ketones (excluding diaryl/α,β-unsaturated/α-hetero) is 1. The monoisotopic (exact) mass is 400 g/mol. The number of carbonyl (C=O) groups is 2. The topological polar surface area (TPSA) is 63.6 Å². The molecule has 0 radical (unpaired) electrons. The summed E-state index contributed by atoms with van der Waals surface area (Å²) in [6.45, 7) is 10.7. The van der Waals surface area contributed by atoms with E-state index in [0.717, 1.165) is 38.4 Å². The van der Waals surface area contributed by atoms with Crippen LogP contribution in [0.25, 0.3) is 0 Å². The summed E-state index contributed by atoms with van der Waals surface area (Å²) in [5, 5.41) is 11.1. The predicted molar refractivity (Wildman–Crippen MR) is 112 cm³/mol. The summed E-state index contributed by atoms with van der Waals surface area (Å²) in [6, 6.07) is 0. The number of aldehydes is 1. The summed E-state index contributed by atoms with van der Waals surface area (Å²) >= 11 is 0. The van der Waals surface area contributed by atoms with Crippen molar-refractivity contribution in [2.45, 2.75) is 90.4 Å². The quantitative estimate of drug-likeness (QED) is 0.551. The van der Waals surface area contributed by atoms with E-state index >= 15 is 0 Å². The van der Waals surface area contributed by atoms with Crippen LogP contribution in [0, 0.1) is 29.1 Å². The summed E-state index contributed by atoms with van der Waals surface area (Å²) in [4.78, 5) is 24.6. The van der Waals surface area contributed by atoms with Crippen molar-refractivity contribution in [3.05, 3.63) is 23.3 Å². The zero-order valence-corrected chi connectivity index (χ0v) is 18.5. The average Bonchev–Trinajstić information content (AvgIpc) is 3.12. The highest BCUT2D eigenvalue weighted by Gasteiger charge is 2.63. The van der Waals surface area contributed by atoms with Crippen LogP contribution in [0.5, 0.6) is 0 Å². The van der Waals surface area contributed by atoms with Gasteiger partial charge in [0.05, 0.1) is 23.2 Å². The van der Waals surface area contributed by atoms with E-state index in [1.807, 2.05) is 6.08 Å². The van der Waals surface area contributed by atoms with Crippen LogP contribution in [-0.2, 0) is 14.3 Å². The molecule has 0 aromatic carbocycles. The fourth-order valence-corrected chi connectivity index (χ4v) is 7.28. The van der Waals surface area contributed by atoms with Crippen molar-refractivity contribution in [3.63, 3.8) is 0 Å². The van der Waals surface area contributed by atoms with Crippen molar-refractivity contribution in [1.82, 2.24) is 0 Å². The van der Waals surface area contributed by atoms with Gasteiger partial charge >= 0.3 is 0 Å². The van der Waals surface area contributed by atoms with Crippen LogP contribution >= 0.6 is 0 Å². The van der Waals surface area contributed by atoms with Crippen molar-refractivity contribution >= 4 is 12.1 Å². The molecule has 4 nitrogen and oxygen atoms in total. The Balaban J connectivity index is 1.74. The summed E-state index contributed by atoms with van der Waals surface area (Å²) in [6.07, 6.45) is 10.0. The van der Waals surface area contributed by atoms with Crippen LogP contribution in [0.1, 0.15) is 73.1 Å². The molecule has 4 heteroatoms. The molecule has 1 N–H and O–H groups in total. The summed E-state index contributed by atoms with van der Waals surface area (Å²) in [7, 11) is 0. The van der Waals surface area contributed by atoms with Gasteiger partial charge in [-0.2, -0.15) is 0 Å². The third-order valence-electron chi connectivity index (χ3n) is 8.68. The van der Waals surface area contributed by atoms with Gasteiger partial charge in [0.25, 0.3) is 0 Å². The van der Waals surface area contributed by atoms with Gasteiger partial charge in [0.15, 0.2) is 0 Å². The van der Waals surface area contributed by atoms with Crippen LogP contribution in [0.2, 0.25) is 0 Å². The third-order valence-corrected chi connectivity index (χ3v) is 8.68. The molecular weight excluding hydrogens is 364 g/mol. The molecule has 4 rings (SSSR count). The number of rotatable bonds is 2. The lowest BCUT2D eigenvalue weighted by molar-refractivity contribution is -0.122. The molecule has 8 atom stereocenters. The van der Waals surface area contributed by atoms with Crippen molar-refractivity contribution in [2.24, 2.45) is 29.1 Å². The molecule has 3 aliphatic carbocycles. The highest BCUT2D eigenvalue weighted by molar-refractivity contribution is 5.94. The first kappa shape index (κ1) is 21.0. The summed E-state index contributed by atoms with van der Waals surface area (Å²) in [5.74, 6) is 0.117. The minimum Gasteiger partial charge on any atom is -0.389 e. The number of aliphatic hydroxyl groups is 1. The first-order valence-corrected chi connectivity index (χ1v) is 11.3. The van der Waals surface area contributed by atoms with Gasteiger partial charge in [-0.25, -0.2) is 0 Å². The summed E-state index contributed by atoms with van der Waals surface area (Å²) < 4.78 is 6.79. The minimum atomic E-state index is -1.04. The molecule has 0 unspecified atom stereocenters. The molecule has 3 fully saturated rings. The normalized spacial score (nSPS) is 51.0. The first-order chi connectivity index (χ1) is 13.5. The molecule has 1 saturated heterocycles. The van der Waals surface area contributed by atoms with E-state index in [1.165, 1.54) is 5.57 Å². The number of ether oxygens (including phenoxy) is 1. The van der Waals surface area contributed by atoms with Crippen molar-refractivity contribution in [1.29, 1.82) is 0 Å². The van der Waals surface area contributed by atoms with Gasteiger partial charge in [0.2, 0.25) is 0 Å². The van der Waals surface area contributed by atoms with Gasteiger partial charge in [-0.1, -0.05) is 31.6 Å². The fourth-order valence-electron chi connectivity index (χ4n) is 7.28. The van der Waals surface area contributed by atoms with Crippen LogP contribution < -0.4 is 0 Å². The number of carbonyl (C=O) groups excluding carboxylic acids is 2. The maximum atomic E-state index is 12.7. The van der Waals surface area contributed by atoms with E-state index in [-0.39, 0.29) is 35.2 Å². The largest absolute Gasteiger partial charge is 0.389 e. The lowest BCUT2D eigenvalue weighted by atomic mass is 9.62. The van der Waals surface area contributed by atoms with E-state index in [2.05, 4.69) is 33.8 Å². The SMILES string of the molecule is CC(C)=C[C@H]1C[C@H](C)[C@]2(CC[C@]3(C)C[C@H]4[C@H](C(=O)C[C@@]4(C)O)/C(C=O)=C\C[C@H]32)O1. The van der Waals surface area contributed by atoms with Gasteiger partial charge in [-0.05, 0) is 75.7 Å². The highest BCUT2D eigenvalue weighted by atomic mass is 16.5. The second-order valence-corrected chi connectivity index (χ2v) is 11.0. The Morgan fingerprint density at radius 2 is 2.00 bits per heavy atom. The van der Waals surface area contributed by atoms with Crippen molar-refractivity contribution in [2.75, 3.05) is 0 Å². The van der Waals surface area contributed by atoms with Gasteiger partial charge in [0, 0.05) is 12.3 Å². The summed E-state index contributed by atoms with van der Waals surface area (Å²) in [5.41, 5.74) is 0.628. The smallest absolute Gasteiger partial charge is 0.146 e. The molecule has 1 spiro atoms. The molecule has 1 aliphatic heterocycles. The van der Waals surface area contributed by atoms with E-state index in [9.17, 15) is 14.7 Å². The van der Waals surface area contributed by atoms with Gasteiger partial charge in [0.1, 0.15) is 12.1 Å². The second-order valence-electron chi connectivity index (χ2n) is 11.0. The molecule has 1 heterocycles. The van der Waals surface area contributed by atoms with E-state index in [0.29, 0.717) is 17.4 Å². The Morgan fingerprint density at radius 1 is 1.28 bits per heavy atom. The Morgan fingerprint density at radius 3 is 2.66 bits per heavy atom. The van der Waals surface area contributed by atoms with Crippen LogP contribution in [0.4, 0.5) is 0 Å². The Kier molecular flexibility index (Phi) is 4.98. The van der Waals surface area contributed by atoms with E-state index in [4.69, 9.17) is 4.74 Å². The van der Waals surface area contributed by atoms with E-state index in [1.54, 1.807) is 6.92 Å². The standard InChI is InChI=1S/C25H36O4/c1-15(2)10-18-11-16(3)25(29-18)9-8-23(4)12-19-22(20(27)13-24(19,5)28)17(14-26)6-7-21(23)25/h6,10,14,16,18-19,21-22,28H,7-9,11-13H2,1-5H3/b17-6-/t16-,18-,19-,21+,22+,23+,24+,25-/m0/s1. The average molecular weight is 401 g/mol. The molecule has 160 valence electrons.